The molecule has 0 radical (unpaired) electrons. The topological polar surface area (TPSA) is 73.8 Å². The number of hydrogen-bond donors (Lipinski definition) is 1. The molecule has 0 spiro atoms. The number of hydrogen-bond acceptors (Lipinski definition) is 4. The van der Waals surface area contributed by atoms with Crippen LogP contribution in [0.1, 0.15) is 12.5 Å². The first-order chi connectivity index (χ1) is 13.2. The predicted molar refractivity (Wildman–Crippen MR) is 101 cm³/mol. The van der Waals surface area contributed by atoms with Gasteiger partial charge in [0.15, 0.2) is 11.0 Å². The minimum Gasteiger partial charge on any atom is -0.369 e. The molecule has 1 heterocycles. The highest BCUT2D eigenvalue weighted by Crippen LogP contribution is 2.35. The average molecular weight is 427 g/mol. The van der Waals surface area contributed by atoms with Crippen LogP contribution in [0.2, 0.25) is 5.02 Å². The van der Waals surface area contributed by atoms with Gasteiger partial charge in [0.2, 0.25) is 5.91 Å². The quantitative estimate of drug-likeness (QED) is 0.606. The maximum atomic E-state index is 13.2. The van der Waals surface area contributed by atoms with Crippen LogP contribution in [0, 0.1) is 0 Å². The smallest absolute Gasteiger partial charge is 0.369 e. The van der Waals surface area contributed by atoms with E-state index in [0.29, 0.717) is 10.6 Å². The first-order valence-electron chi connectivity index (χ1n) is 8.02. The van der Waals surface area contributed by atoms with E-state index >= 15 is 0 Å². The second kappa shape index (κ2) is 7.84. The normalized spacial score (nSPS) is 12.8. The molecule has 0 bridgehead atoms. The number of halogens is 4. The zero-order valence-electron chi connectivity index (χ0n) is 14.4. The molecule has 10 heteroatoms. The highest BCUT2D eigenvalue weighted by molar-refractivity contribution is 8.00. The second-order valence-electron chi connectivity index (χ2n) is 5.83. The van der Waals surface area contributed by atoms with Gasteiger partial charge in [0.25, 0.3) is 0 Å². The molecule has 146 valence electrons. The average Bonchev–Trinajstić information content (AvgIpc) is 3.04. The first kappa shape index (κ1) is 20.2. The van der Waals surface area contributed by atoms with Crippen LogP contribution >= 0.6 is 23.4 Å². The summed E-state index contributed by atoms with van der Waals surface area (Å²) in [4.78, 5) is 11.4. The van der Waals surface area contributed by atoms with E-state index in [1.807, 2.05) is 0 Å². The van der Waals surface area contributed by atoms with Gasteiger partial charge in [0.1, 0.15) is 0 Å². The molecule has 0 aliphatic rings. The number of carbonyl (C=O) groups is 1. The van der Waals surface area contributed by atoms with Gasteiger partial charge in [-0.15, -0.1) is 10.2 Å². The van der Waals surface area contributed by atoms with E-state index in [-0.39, 0.29) is 16.7 Å². The monoisotopic (exact) mass is 426 g/mol. The van der Waals surface area contributed by atoms with Gasteiger partial charge in [-0.2, -0.15) is 13.2 Å². The molecular formula is C18H14ClF3N4OS. The minimum atomic E-state index is -4.51. The number of alkyl halides is 3. The molecule has 0 aliphatic carbocycles. The molecule has 2 aromatic carbocycles. The fraction of sp³-hybridized carbons (Fsp3) is 0.167. The third-order valence-electron chi connectivity index (χ3n) is 3.86. The molecule has 0 saturated heterocycles. The van der Waals surface area contributed by atoms with Crippen molar-refractivity contribution < 1.29 is 18.0 Å². The van der Waals surface area contributed by atoms with Crippen LogP contribution in [-0.4, -0.2) is 25.9 Å². The third kappa shape index (κ3) is 4.15. The Bertz CT molecular complexity index is 1020. The predicted octanol–water partition coefficient (Wildman–Crippen LogP) is 4.57. The standard InChI is InChI=1S/C18H14ClF3N4OS/c1-10(15(23)27)28-17-25-24-16(13-7-2-3-8-14(13)19)26(17)12-6-4-5-11(9-12)18(20,21)22/h2-10H,1H3,(H2,23,27)/t10-/m1/s1. The molecule has 3 rings (SSSR count). The first-order valence-corrected chi connectivity index (χ1v) is 9.28. The zero-order valence-corrected chi connectivity index (χ0v) is 16.0. The summed E-state index contributed by atoms with van der Waals surface area (Å²) in [6, 6.07) is 11.5. The fourth-order valence-corrected chi connectivity index (χ4v) is 3.47. The Kier molecular flexibility index (Phi) is 5.66. The van der Waals surface area contributed by atoms with Gasteiger partial charge in [0, 0.05) is 5.56 Å². The van der Waals surface area contributed by atoms with E-state index in [1.165, 1.54) is 16.7 Å². The second-order valence-corrected chi connectivity index (χ2v) is 7.55. The lowest BCUT2D eigenvalue weighted by atomic mass is 10.1. The van der Waals surface area contributed by atoms with Crippen molar-refractivity contribution in [3.8, 4) is 17.1 Å². The number of nitrogens with zero attached hydrogens (tertiary/aromatic N) is 3. The van der Waals surface area contributed by atoms with Gasteiger partial charge in [-0.05, 0) is 37.3 Å². The highest BCUT2D eigenvalue weighted by Gasteiger charge is 2.31. The van der Waals surface area contributed by atoms with Crippen LogP contribution in [0.4, 0.5) is 13.2 Å². The summed E-state index contributed by atoms with van der Waals surface area (Å²) in [6.07, 6.45) is -4.51. The number of amides is 1. The van der Waals surface area contributed by atoms with Crippen molar-refractivity contribution in [1.29, 1.82) is 0 Å². The Morgan fingerprint density at radius 3 is 2.54 bits per heavy atom. The van der Waals surface area contributed by atoms with Crippen molar-refractivity contribution in [2.75, 3.05) is 0 Å². The molecule has 1 aromatic heterocycles. The fourth-order valence-electron chi connectivity index (χ4n) is 2.43. The van der Waals surface area contributed by atoms with Crippen molar-refractivity contribution in [3.05, 3.63) is 59.1 Å². The molecular weight excluding hydrogens is 413 g/mol. The van der Waals surface area contributed by atoms with E-state index < -0.39 is 22.9 Å². The van der Waals surface area contributed by atoms with Gasteiger partial charge in [-0.1, -0.05) is 41.6 Å². The van der Waals surface area contributed by atoms with E-state index in [1.54, 1.807) is 31.2 Å². The molecule has 1 atom stereocenters. The Labute approximate surface area is 167 Å². The zero-order chi connectivity index (χ0) is 20.5. The van der Waals surface area contributed by atoms with Crippen LogP contribution < -0.4 is 5.73 Å². The summed E-state index contributed by atoms with van der Waals surface area (Å²) in [5.41, 5.74) is 5.17. The molecule has 0 unspecified atom stereocenters. The van der Waals surface area contributed by atoms with Gasteiger partial charge < -0.3 is 5.73 Å². The molecule has 28 heavy (non-hydrogen) atoms. The Balaban J connectivity index is 2.20. The number of rotatable bonds is 5. The number of thioether (sulfide) groups is 1. The molecule has 0 saturated carbocycles. The molecule has 0 aliphatic heterocycles. The molecule has 1 amide bonds. The number of primary amides is 1. The maximum Gasteiger partial charge on any atom is 0.416 e. The number of benzene rings is 2. The summed E-state index contributed by atoms with van der Waals surface area (Å²) < 4.78 is 41.0. The Morgan fingerprint density at radius 1 is 1.18 bits per heavy atom. The number of carbonyl (C=O) groups excluding carboxylic acids is 1. The van der Waals surface area contributed by atoms with Gasteiger partial charge in [-0.25, -0.2) is 0 Å². The molecule has 2 N–H and O–H groups in total. The van der Waals surface area contributed by atoms with Crippen LogP contribution in [0.25, 0.3) is 17.1 Å². The summed E-state index contributed by atoms with van der Waals surface area (Å²) in [7, 11) is 0. The van der Waals surface area contributed by atoms with Crippen LogP contribution in [-0.2, 0) is 11.0 Å². The lowest BCUT2D eigenvalue weighted by Crippen LogP contribution is -2.23. The Morgan fingerprint density at radius 2 is 1.89 bits per heavy atom. The number of aromatic nitrogens is 3. The van der Waals surface area contributed by atoms with E-state index in [0.717, 1.165) is 23.9 Å². The van der Waals surface area contributed by atoms with Crippen LogP contribution in [0.3, 0.4) is 0 Å². The summed E-state index contributed by atoms with van der Waals surface area (Å²) >= 11 is 7.24. The Hall–Kier alpha value is -2.52. The summed E-state index contributed by atoms with van der Waals surface area (Å²) in [6.45, 7) is 1.58. The van der Waals surface area contributed by atoms with Gasteiger partial charge in [-0.3, -0.25) is 9.36 Å². The molecule has 3 aromatic rings. The minimum absolute atomic E-state index is 0.189. The lowest BCUT2D eigenvalue weighted by molar-refractivity contribution is -0.137. The van der Waals surface area contributed by atoms with Crippen LogP contribution in [0.5, 0.6) is 0 Å². The van der Waals surface area contributed by atoms with E-state index in [4.69, 9.17) is 17.3 Å². The third-order valence-corrected chi connectivity index (χ3v) is 5.25. The number of nitrogens with two attached hydrogens (primary N) is 1. The van der Waals surface area contributed by atoms with Crippen molar-refractivity contribution >= 4 is 29.3 Å². The van der Waals surface area contributed by atoms with Crippen LogP contribution in [0.15, 0.2) is 53.7 Å². The lowest BCUT2D eigenvalue weighted by Gasteiger charge is -2.14. The summed E-state index contributed by atoms with van der Waals surface area (Å²) in [5, 5.41) is 8.08. The van der Waals surface area contributed by atoms with Crippen molar-refractivity contribution in [1.82, 2.24) is 14.8 Å². The highest BCUT2D eigenvalue weighted by atomic mass is 35.5. The largest absolute Gasteiger partial charge is 0.416 e. The van der Waals surface area contributed by atoms with Crippen molar-refractivity contribution in [2.24, 2.45) is 5.73 Å². The van der Waals surface area contributed by atoms with Gasteiger partial charge in [0.05, 0.1) is 21.5 Å². The van der Waals surface area contributed by atoms with E-state index in [2.05, 4.69) is 10.2 Å². The SMILES string of the molecule is C[C@@H](Sc1nnc(-c2ccccc2Cl)n1-c1cccc(C(F)(F)F)c1)C(N)=O. The van der Waals surface area contributed by atoms with Crippen molar-refractivity contribution in [2.45, 2.75) is 23.5 Å². The molecule has 0 fully saturated rings. The maximum absolute atomic E-state index is 13.2. The van der Waals surface area contributed by atoms with Crippen molar-refractivity contribution in [3.63, 3.8) is 0 Å². The molecule has 5 nitrogen and oxygen atoms in total. The summed E-state index contributed by atoms with van der Waals surface area (Å²) in [5.74, 6) is -0.327. The van der Waals surface area contributed by atoms with E-state index in [9.17, 15) is 18.0 Å². The van der Waals surface area contributed by atoms with Gasteiger partial charge >= 0.3 is 6.18 Å².